The third-order valence-corrected chi connectivity index (χ3v) is 3.35. The number of hydrogen-bond acceptors (Lipinski definition) is 6. The van der Waals surface area contributed by atoms with Crippen LogP contribution in [0.25, 0.3) is 23.0 Å². The van der Waals surface area contributed by atoms with Crippen LogP contribution < -0.4 is 5.56 Å². The van der Waals surface area contributed by atoms with Crippen LogP contribution >= 0.6 is 0 Å². The lowest BCUT2D eigenvalue weighted by Gasteiger charge is -2.09. The summed E-state index contributed by atoms with van der Waals surface area (Å²) in [7, 11) is 4.09. The van der Waals surface area contributed by atoms with E-state index in [0.717, 1.165) is 18.5 Å². The average Bonchev–Trinajstić information content (AvgIpc) is 3.04. The number of nitrogens with zero attached hydrogens (tertiary/aromatic N) is 4. The molecule has 0 fully saturated rings. The zero-order valence-corrected chi connectivity index (χ0v) is 13.0. The fourth-order valence-corrected chi connectivity index (χ4v) is 2.12. The van der Waals surface area contributed by atoms with Gasteiger partial charge in [-0.15, -0.1) is 0 Å². The lowest BCUT2D eigenvalue weighted by molar-refractivity contribution is 0.413. The maximum absolute atomic E-state index is 11.0. The monoisotopic (exact) mass is 311 g/mol. The predicted octanol–water partition coefficient (Wildman–Crippen LogP) is 1.59. The molecule has 1 aromatic carbocycles. The van der Waals surface area contributed by atoms with E-state index >= 15 is 0 Å². The van der Waals surface area contributed by atoms with Crippen molar-refractivity contribution in [2.75, 3.05) is 20.6 Å². The minimum absolute atomic E-state index is 0.272. The van der Waals surface area contributed by atoms with Gasteiger partial charge in [-0.25, -0.2) is 4.98 Å². The number of hydrogen-bond donors (Lipinski definition) is 1. The van der Waals surface area contributed by atoms with Crippen molar-refractivity contribution in [1.29, 1.82) is 0 Å². The molecule has 0 unspecified atom stereocenters. The van der Waals surface area contributed by atoms with Crippen molar-refractivity contribution < 1.29 is 4.52 Å². The third kappa shape index (κ3) is 3.70. The summed E-state index contributed by atoms with van der Waals surface area (Å²) in [5.41, 5.74) is 2.26. The molecule has 2 aromatic heterocycles. The molecule has 7 heteroatoms. The minimum Gasteiger partial charge on any atom is -0.334 e. The summed E-state index contributed by atoms with van der Waals surface area (Å²) in [6.45, 7) is 0.972. The van der Waals surface area contributed by atoms with E-state index < -0.39 is 0 Å². The van der Waals surface area contributed by atoms with Crippen molar-refractivity contribution >= 4 is 0 Å². The van der Waals surface area contributed by atoms with Gasteiger partial charge in [0, 0.05) is 18.3 Å². The standard InChI is InChI=1S/C16H17N5O2/c1-21(2)7-6-11-4-3-5-12(8-11)16-19-15(20-23-16)13-9-18-14(22)10-17-13/h3-5,8-10H,6-7H2,1-2H3,(H,18,22). The fourth-order valence-electron chi connectivity index (χ4n) is 2.12. The quantitative estimate of drug-likeness (QED) is 0.770. The van der Waals surface area contributed by atoms with E-state index in [-0.39, 0.29) is 5.56 Å². The smallest absolute Gasteiger partial charge is 0.266 e. The Labute approximate surface area is 133 Å². The molecule has 0 bridgehead atoms. The summed E-state index contributed by atoms with van der Waals surface area (Å²) in [6.07, 6.45) is 3.60. The van der Waals surface area contributed by atoms with Gasteiger partial charge in [0.2, 0.25) is 5.82 Å². The van der Waals surface area contributed by atoms with E-state index in [0.29, 0.717) is 17.4 Å². The van der Waals surface area contributed by atoms with Crippen molar-refractivity contribution in [2.45, 2.75) is 6.42 Å². The van der Waals surface area contributed by atoms with Gasteiger partial charge in [0.1, 0.15) is 5.69 Å². The zero-order chi connectivity index (χ0) is 16.2. The molecule has 2 heterocycles. The maximum Gasteiger partial charge on any atom is 0.266 e. The van der Waals surface area contributed by atoms with Gasteiger partial charge in [-0.3, -0.25) is 4.79 Å². The number of aromatic nitrogens is 4. The Morgan fingerprint density at radius 1 is 1.30 bits per heavy atom. The van der Waals surface area contributed by atoms with Crippen LogP contribution in [0.1, 0.15) is 5.56 Å². The van der Waals surface area contributed by atoms with Gasteiger partial charge >= 0.3 is 0 Å². The molecule has 118 valence electrons. The molecule has 3 rings (SSSR count). The molecule has 0 radical (unpaired) electrons. The van der Waals surface area contributed by atoms with Crippen LogP contribution in [0.3, 0.4) is 0 Å². The molecular formula is C16H17N5O2. The fraction of sp³-hybridized carbons (Fsp3) is 0.250. The molecule has 0 aliphatic heterocycles. The first-order chi connectivity index (χ1) is 11.1. The summed E-state index contributed by atoms with van der Waals surface area (Å²) >= 11 is 0. The molecule has 0 aliphatic carbocycles. The number of aromatic amines is 1. The molecule has 0 spiro atoms. The molecular weight excluding hydrogens is 294 g/mol. The van der Waals surface area contributed by atoms with E-state index in [1.54, 1.807) is 0 Å². The highest BCUT2D eigenvalue weighted by Gasteiger charge is 2.12. The predicted molar refractivity (Wildman–Crippen MR) is 85.8 cm³/mol. The zero-order valence-electron chi connectivity index (χ0n) is 13.0. The van der Waals surface area contributed by atoms with Crippen LogP contribution in [0.4, 0.5) is 0 Å². The summed E-state index contributed by atoms with van der Waals surface area (Å²) in [6, 6.07) is 8.02. The van der Waals surface area contributed by atoms with E-state index in [2.05, 4.69) is 31.1 Å². The summed E-state index contributed by atoms with van der Waals surface area (Å²) in [5, 5.41) is 3.92. The van der Waals surface area contributed by atoms with Crippen LogP contribution in [-0.4, -0.2) is 45.6 Å². The molecule has 23 heavy (non-hydrogen) atoms. The third-order valence-electron chi connectivity index (χ3n) is 3.35. The topological polar surface area (TPSA) is 87.9 Å². The van der Waals surface area contributed by atoms with E-state index in [4.69, 9.17) is 4.52 Å². The molecule has 0 aliphatic rings. The number of nitrogens with one attached hydrogen (secondary N) is 1. The van der Waals surface area contributed by atoms with Crippen molar-refractivity contribution in [2.24, 2.45) is 0 Å². The van der Waals surface area contributed by atoms with Gasteiger partial charge in [-0.2, -0.15) is 4.98 Å². The van der Waals surface area contributed by atoms with Gasteiger partial charge in [-0.1, -0.05) is 17.3 Å². The number of likely N-dealkylation sites (N-methyl/N-ethyl adjacent to an activating group) is 1. The summed E-state index contributed by atoms with van der Waals surface area (Å²) in [4.78, 5) is 24.1. The Kier molecular flexibility index (Phi) is 4.29. The van der Waals surface area contributed by atoms with Gasteiger partial charge in [0.15, 0.2) is 0 Å². The Hall–Kier alpha value is -2.80. The molecule has 0 atom stereocenters. The number of rotatable bonds is 5. The molecule has 0 saturated carbocycles. The highest BCUT2D eigenvalue weighted by Crippen LogP contribution is 2.21. The molecule has 3 aromatic rings. The summed E-state index contributed by atoms with van der Waals surface area (Å²) in [5.74, 6) is 0.773. The van der Waals surface area contributed by atoms with Gasteiger partial charge in [0.05, 0.1) is 6.20 Å². The van der Waals surface area contributed by atoms with Crippen molar-refractivity contribution in [1.82, 2.24) is 25.0 Å². The highest BCUT2D eigenvalue weighted by atomic mass is 16.5. The first-order valence-electron chi connectivity index (χ1n) is 7.25. The van der Waals surface area contributed by atoms with Gasteiger partial charge in [0.25, 0.3) is 11.4 Å². The van der Waals surface area contributed by atoms with Crippen LogP contribution in [0, 0.1) is 0 Å². The minimum atomic E-state index is -0.272. The van der Waals surface area contributed by atoms with Crippen LogP contribution in [-0.2, 0) is 6.42 Å². The molecule has 0 saturated heterocycles. The first kappa shape index (κ1) is 15.1. The van der Waals surface area contributed by atoms with Crippen LogP contribution in [0.15, 0.2) is 46.0 Å². The summed E-state index contributed by atoms with van der Waals surface area (Å²) < 4.78 is 5.31. The molecule has 1 N–H and O–H groups in total. The second kappa shape index (κ2) is 6.53. The van der Waals surface area contributed by atoms with Crippen molar-refractivity contribution in [3.05, 3.63) is 52.6 Å². The highest BCUT2D eigenvalue weighted by molar-refractivity contribution is 5.57. The Balaban J connectivity index is 1.84. The van der Waals surface area contributed by atoms with Crippen LogP contribution in [0.2, 0.25) is 0 Å². The molecule has 0 amide bonds. The van der Waals surface area contributed by atoms with Gasteiger partial charge < -0.3 is 14.4 Å². The lowest BCUT2D eigenvalue weighted by Crippen LogP contribution is -2.14. The first-order valence-corrected chi connectivity index (χ1v) is 7.25. The largest absolute Gasteiger partial charge is 0.334 e. The number of benzene rings is 1. The van der Waals surface area contributed by atoms with Crippen molar-refractivity contribution in [3.63, 3.8) is 0 Å². The number of H-pyrrole nitrogens is 1. The average molecular weight is 311 g/mol. The SMILES string of the molecule is CN(C)CCc1cccc(-c2nc(-c3c[nH]c(=O)cn3)no2)c1. The normalized spacial score (nSPS) is 11.1. The van der Waals surface area contributed by atoms with Crippen molar-refractivity contribution in [3.8, 4) is 23.0 Å². The van der Waals surface area contributed by atoms with E-state index in [1.165, 1.54) is 18.0 Å². The van der Waals surface area contributed by atoms with Crippen LogP contribution in [0.5, 0.6) is 0 Å². The van der Waals surface area contributed by atoms with E-state index in [1.807, 2.05) is 32.3 Å². The lowest BCUT2D eigenvalue weighted by atomic mass is 10.1. The Morgan fingerprint density at radius 2 is 2.17 bits per heavy atom. The maximum atomic E-state index is 11.0. The second-order valence-corrected chi connectivity index (χ2v) is 5.47. The Morgan fingerprint density at radius 3 is 2.91 bits per heavy atom. The van der Waals surface area contributed by atoms with E-state index in [9.17, 15) is 4.79 Å². The second-order valence-electron chi connectivity index (χ2n) is 5.47. The molecule has 7 nitrogen and oxygen atoms in total. The van der Waals surface area contributed by atoms with Gasteiger partial charge in [-0.05, 0) is 38.2 Å². The Bertz CT molecular complexity index is 833.